The third kappa shape index (κ3) is 11.2. The third-order valence-corrected chi connectivity index (χ3v) is 1.26. The summed E-state index contributed by atoms with van der Waals surface area (Å²) in [6, 6.07) is 0. The van der Waals surface area contributed by atoms with Crippen LogP contribution in [-0.2, 0) is 9.59 Å². The number of carbonyl (C=O) groups is 2. The number of hydrogen-bond donors (Lipinski definition) is 2. The Hall–Kier alpha value is -0.843. The quantitative estimate of drug-likeness (QED) is 0.531. The van der Waals surface area contributed by atoms with Crippen LogP contribution in [0.3, 0.4) is 0 Å². The van der Waals surface area contributed by atoms with Gasteiger partial charge in [0.15, 0.2) is 0 Å². The van der Waals surface area contributed by atoms with Crippen LogP contribution in [0.2, 0.25) is 19.6 Å². The van der Waals surface area contributed by atoms with E-state index in [0.717, 1.165) is 6.42 Å². The predicted octanol–water partition coefficient (Wildman–Crippen LogP) is 0.476. The van der Waals surface area contributed by atoms with Gasteiger partial charge in [-0.3, -0.25) is 9.59 Å². The zero-order chi connectivity index (χ0) is 11.7. The van der Waals surface area contributed by atoms with Gasteiger partial charge in [0.1, 0.15) is 5.92 Å². The van der Waals surface area contributed by atoms with Crippen molar-refractivity contribution in [2.75, 3.05) is 0 Å². The maximum absolute atomic E-state index is 10.5. The molecule has 2 amide bonds. The van der Waals surface area contributed by atoms with Crippen LogP contribution in [0.1, 0.15) is 19.8 Å². The lowest BCUT2D eigenvalue weighted by Gasteiger charge is -2.05. The minimum atomic E-state index is -0.787. The Balaban J connectivity index is 0. The number of amides is 2. The van der Waals surface area contributed by atoms with Gasteiger partial charge in [0.25, 0.3) is 0 Å². The molecule has 0 aliphatic carbocycles. The van der Waals surface area contributed by atoms with E-state index in [4.69, 9.17) is 11.5 Å². The van der Waals surface area contributed by atoms with Crippen LogP contribution in [0.5, 0.6) is 0 Å². The van der Waals surface area contributed by atoms with Crippen LogP contribution < -0.4 is 11.5 Å². The molecule has 14 heavy (non-hydrogen) atoms. The third-order valence-electron chi connectivity index (χ3n) is 1.26. The van der Waals surface area contributed by atoms with Crippen LogP contribution in [0.25, 0.3) is 0 Å². The van der Waals surface area contributed by atoms with E-state index in [0.29, 0.717) is 6.42 Å². The molecule has 0 aromatic heterocycles. The number of rotatable bonds is 4. The van der Waals surface area contributed by atoms with Gasteiger partial charge in [-0.15, -0.1) is 0 Å². The number of carbonyl (C=O) groups excluding carboxylic acids is 2. The van der Waals surface area contributed by atoms with Crippen LogP contribution in [0.4, 0.5) is 0 Å². The van der Waals surface area contributed by atoms with Crippen LogP contribution >= 0.6 is 0 Å². The zero-order valence-corrected chi connectivity index (χ0v) is 10.7. The summed E-state index contributed by atoms with van der Waals surface area (Å²) in [5.74, 6) is -2.05. The normalized spacial score (nSPS) is 9.57. The summed E-state index contributed by atoms with van der Waals surface area (Å²) in [5.41, 5.74) is 9.77. The van der Waals surface area contributed by atoms with Gasteiger partial charge in [0, 0.05) is 8.80 Å². The largest absolute Gasteiger partial charge is 0.369 e. The summed E-state index contributed by atoms with van der Waals surface area (Å²) in [6.45, 7) is 8.78. The SMILES string of the molecule is CCCC(C(N)=O)C(N)=O.C[SiH](C)C. The van der Waals surface area contributed by atoms with Crippen molar-refractivity contribution < 1.29 is 9.59 Å². The summed E-state index contributed by atoms with van der Waals surface area (Å²) >= 11 is 0. The van der Waals surface area contributed by atoms with Crippen molar-refractivity contribution in [3.8, 4) is 0 Å². The van der Waals surface area contributed by atoms with Crippen molar-refractivity contribution in [2.45, 2.75) is 39.4 Å². The van der Waals surface area contributed by atoms with E-state index in [1.807, 2.05) is 6.92 Å². The molecule has 0 atom stereocenters. The van der Waals surface area contributed by atoms with E-state index >= 15 is 0 Å². The van der Waals surface area contributed by atoms with E-state index in [2.05, 4.69) is 19.6 Å². The first-order chi connectivity index (χ1) is 6.32. The van der Waals surface area contributed by atoms with Crippen molar-refractivity contribution in [2.24, 2.45) is 17.4 Å². The molecule has 0 aliphatic heterocycles. The van der Waals surface area contributed by atoms with Crippen molar-refractivity contribution >= 4 is 20.6 Å². The Bertz CT molecular complexity index is 167. The van der Waals surface area contributed by atoms with Crippen molar-refractivity contribution in [1.29, 1.82) is 0 Å². The van der Waals surface area contributed by atoms with Gasteiger partial charge in [0.2, 0.25) is 11.8 Å². The van der Waals surface area contributed by atoms with Crippen molar-refractivity contribution in [3.63, 3.8) is 0 Å². The van der Waals surface area contributed by atoms with Crippen molar-refractivity contribution in [1.82, 2.24) is 0 Å². The second-order valence-corrected chi connectivity index (χ2v) is 7.34. The Kier molecular flexibility index (Phi) is 9.75. The number of hydrogen-bond acceptors (Lipinski definition) is 2. The molecular weight excluding hydrogens is 196 g/mol. The summed E-state index contributed by atoms with van der Waals surface area (Å²) in [6.07, 6.45) is 1.18. The topological polar surface area (TPSA) is 86.2 Å². The van der Waals surface area contributed by atoms with E-state index in [9.17, 15) is 9.59 Å². The summed E-state index contributed by atoms with van der Waals surface area (Å²) in [4.78, 5) is 20.9. The molecule has 0 fully saturated rings. The minimum absolute atomic E-state index is 0.139. The average Bonchev–Trinajstić information content (AvgIpc) is 1.97. The molecule has 0 rings (SSSR count). The second kappa shape index (κ2) is 8.74. The summed E-state index contributed by atoms with van der Waals surface area (Å²) < 4.78 is 0. The first-order valence-electron chi connectivity index (χ1n) is 4.91. The molecule has 0 aliphatic rings. The molecular formula is C9H22N2O2Si. The highest BCUT2D eigenvalue weighted by atomic mass is 28.3. The first-order valence-corrected chi connectivity index (χ1v) is 8.37. The summed E-state index contributed by atoms with van der Waals surface area (Å²) in [5, 5.41) is 0. The highest BCUT2D eigenvalue weighted by Gasteiger charge is 2.19. The predicted molar refractivity (Wildman–Crippen MR) is 61.5 cm³/mol. The van der Waals surface area contributed by atoms with Crippen LogP contribution in [0.15, 0.2) is 0 Å². The van der Waals surface area contributed by atoms with Gasteiger partial charge < -0.3 is 11.5 Å². The standard InChI is InChI=1S/C6H12N2O2.C3H10Si/c1-2-3-4(5(7)9)6(8)10;1-4(2)3/h4H,2-3H2,1H3,(H2,7,9)(H2,8,10);4H,1-3H3. The molecule has 0 aromatic rings. The molecule has 84 valence electrons. The molecule has 4 N–H and O–H groups in total. The minimum Gasteiger partial charge on any atom is -0.369 e. The molecule has 0 bridgehead atoms. The van der Waals surface area contributed by atoms with Crippen LogP contribution in [0, 0.1) is 5.92 Å². The van der Waals surface area contributed by atoms with Crippen molar-refractivity contribution in [3.05, 3.63) is 0 Å². The molecule has 4 nitrogen and oxygen atoms in total. The van der Waals surface area contributed by atoms with Crippen LogP contribution in [-0.4, -0.2) is 20.6 Å². The molecule has 0 aromatic carbocycles. The Morgan fingerprint density at radius 2 is 1.43 bits per heavy atom. The highest BCUT2D eigenvalue weighted by molar-refractivity contribution is 6.54. The van der Waals surface area contributed by atoms with Gasteiger partial charge in [-0.2, -0.15) is 0 Å². The van der Waals surface area contributed by atoms with Gasteiger partial charge in [-0.05, 0) is 6.42 Å². The molecule has 0 spiro atoms. The molecule has 5 heteroatoms. The molecule has 0 unspecified atom stereocenters. The van der Waals surface area contributed by atoms with E-state index in [-0.39, 0.29) is 8.80 Å². The fourth-order valence-electron chi connectivity index (χ4n) is 0.713. The molecule has 0 radical (unpaired) electrons. The number of nitrogens with two attached hydrogens (primary N) is 2. The van der Waals surface area contributed by atoms with Gasteiger partial charge in [-0.25, -0.2) is 0 Å². The fraction of sp³-hybridized carbons (Fsp3) is 0.778. The second-order valence-electron chi connectivity index (χ2n) is 3.88. The lowest BCUT2D eigenvalue weighted by molar-refractivity contribution is -0.131. The Morgan fingerprint density at radius 3 is 1.50 bits per heavy atom. The maximum atomic E-state index is 10.5. The maximum Gasteiger partial charge on any atom is 0.229 e. The Morgan fingerprint density at radius 1 is 1.14 bits per heavy atom. The van der Waals surface area contributed by atoms with E-state index in [1.165, 1.54) is 0 Å². The molecule has 0 heterocycles. The molecule has 0 saturated heterocycles. The smallest absolute Gasteiger partial charge is 0.229 e. The fourth-order valence-corrected chi connectivity index (χ4v) is 0.713. The molecule has 0 saturated carbocycles. The van der Waals surface area contributed by atoms with E-state index in [1.54, 1.807) is 0 Å². The van der Waals surface area contributed by atoms with Gasteiger partial charge >= 0.3 is 0 Å². The van der Waals surface area contributed by atoms with Gasteiger partial charge in [0.05, 0.1) is 0 Å². The number of primary amides is 2. The van der Waals surface area contributed by atoms with Gasteiger partial charge in [-0.1, -0.05) is 33.0 Å². The monoisotopic (exact) mass is 218 g/mol. The lowest BCUT2D eigenvalue weighted by atomic mass is 10.0. The highest BCUT2D eigenvalue weighted by Crippen LogP contribution is 2.03. The zero-order valence-electron chi connectivity index (χ0n) is 9.54. The van der Waals surface area contributed by atoms with E-state index < -0.39 is 17.7 Å². The first kappa shape index (κ1) is 15.6. The summed E-state index contributed by atoms with van der Waals surface area (Å²) in [7, 11) is -0.139. The Labute approximate surface area is 87.6 Å². The average molecular weight is 218 g/mol. The lowest BCUT2D eigenvalue weighted by Crippen LogP contribution is -2.34.